The van der Waals surface area contributed by atoms with Crippen LogP contribution in [0.15, 0.2) is 24.3 Å². The van der Waals surface area contributed by atoms with Crippen molar-refractivity contribution in [3.63, 3.8) is 0 Å². The third-order valence-corrected chi connectivity index (χ3v) is 4.09. The molecule has 1 aromatic carbocycles. The molecule has 22 heavy (non-hydrogen) atoms. The van der Waals surface area contributed by atoms with Crippen molar-refractivity contribution in [2.24, 2.45) is 5.14 Å². The van der Waals surface area contributed by atoms with E-state index in [1.807, 2.05) is 0 Å². The fraction of sp³-hybridized carbons (Fsp3) is 0.500. The van der Waals surface area contributed by atoms with E-state index in [2.05, 4.69) is 10.6 Å². The number of urea groups is 1. The predicted octanol–water partition coefficient (Wildman–Crippen LogP) is 0.453. The molecule has 1 saturated heterocycles. The molecule has 1 aliphatic heterocycles. The molecular formula is C14H21N3O4S. The second kappa shape index (κ2) is 7.57. The first-order valence-electron chi connectivity index (χ1n) is 7.14. The van der Waals surface area contributed by atoms with Crippen LogP contribution in [0, 0.1) is 0 Å². The number of hydrogen-bond acceptors (Lipinski definition) is 4. The number of rotatable bonds is 6. The maximum atomic E-state index is 11.7. The van der Waals surface area contributed by atoms with E-state index in [0.717, 1.165) is 25.0 Å². The fourth-order valence-corrected chi connectivity index (χ4v) is 2.90. The number of nitrogens with two attached hydrogens (primary N) is 1. The summed E-state index contributed by atoms with van der Waals surface area (Å²) in [5.41, 5.74) is 1.50. The fourth-order valence-electron chi connectivity index (χ4n) is 2.24. The monoisotopic (exact) mass is 327 g/mol. The van der Waals surface area contributed by atoms with E-state index >= 15 is 0 Å². The zero-order valence-electron chi connectivity index (χ0n) is 12.2. The third-order valence-electron chi connectivity index (χ3n) is 3.36. The van der Waals surface area contributed by atoms with Gasteiger partial charge in [-0.25, -0.2) is 18.4 Å². The first kappa shape index (κ1) is 16.7. The van der Waals surface area contributed by atoms with E-state index in [-0.39, 0.29) is 17.9 Å². The average Bonchev–Trinajstić information content (AvgIpc) is 2.96. The number of ether oxygens (including phenoxy) is 1. The maximum absolute atomic E-state index is 11.7. The molecule has 2 amide bonds. The standard InChI is InChI=1S/C14H21N3O4S/c15-22(19,20)10-12-5-3-11(4-6-12)8-16-14(18)17-9-13-2-1-7-21-13/h3-6,13H,1-2,7-10H2,(H2,15,19,20)(H2,16,17,18). The Bertz CT molecular complexity index is 595. The van der Waals surface area contributed by atoms with E-state index < -0.39 is 10.0 Å². The van der Waals surface area contributed by atoms with Crippen LogP contribution >= 0.6 is 0 Å². The second-order valence-electron chi connectivity index (χ2n) is 5.32. The molecule has 0 radical (unpaired) electrons. The highest BCUT2D eigenvalue weighted by Crippen LogP contribution is 2.10. The molecule has 0 saturated carbocycles. The van der Waals surface area contributed by atoms with Gasteiger partial charge in [0.2, 0.25) is 10.0 Å². The summed E-state index contributed by atoms with van der Waals surface area (Å²) >= 11 is 0. The lowest BCUT2D eigenvalue weighted by Crippen LogP contribution is -2.39. The largest absolute Gasteiger partial charge is 0.376 e. The van der Waals surface area contributed by atoms with E-state index in [9.17, 15) is 13.2 Å². The van der Waals surface area contributed by atoms with E-state index in [1.165, 1.54) is 0 Å². The Morgan fingerprint density at radius 3 is 2.50 bits per heavy atom. The molecule has 0 aliphatic carbocycles. The Hall–Kier alpha value is -1.64. The Morgan fingerprint density at radius 1 is 1.23 bits per heavy atom. The van der Waals surface area contributed by atoms with Crippen molar-refractivity contribution < 1.29 is 17.9 Å². The number of hydrogen-bond donors (Lipinski definition) is 3. The lowest BCUT2D eigenvalue weighted by molar-refractivity contribution is 0.111. The van der Waals surface area contributed by atoms with Gasteiger partial charge in [-0.3, -0.25) is 0 Å². The minimum absolute atomic E-state index is 0.114. The first-order chi connectivity index (χ1) is 10.4. The predicted molar refractivity (Wildman–Crippen MR) is 82.5 cm³/mol. The highest BCUT2D eigenvalue weighted by molar-refractivity contribution is 7.88. The van der Waals surface area contributed by atoms with Gasteiger partial charge in [0, 0.05) is 19.7 Å². The van der Waals surface area contributed by atoms with Crippen LogP contribution in [0.4, 0.5) is 4.79 Å². The van der Waals surface area contributed by atoms with E-state index in [1.54, 1.807) is 24.3 Å². The van der Waals surface area contributed by atoms with Gasteiger partial charge in [-0.15, -0.1) is 0 Å². The SMILES string of the molecule is NS(=O)(=O)Cc1ccc(CNC(=O)NCC2CCCO2)cc1. The highest BCUT2D eigenvalue weighted by atomic mass is 32.2. The van der Waals surface area contributed by atoms with Crippen LogP contribution in [-0.2, 0) is 27.1 Å². The lowest BCUT2D eigenvalue weighted by Gasteiger charge is -2.12. The number of carbonyl (C=O) groups is 1. The van der Waals surface area contributed by atoms with Gasteiger partial charge < -0.3 is 15.4 Å². The molecule has 4 N–H and O–H groups in total. The van der Waals surface area contributed by atoms with Crippen molar-refractivity contribution in [1.82, 2.24) is 10.6 Å². The van der Waals surface area contributed by atoms with Gasteiger partial charge in [0.15, 0.2) is 0 Å². The Kier molecular flexibility index (Phi) is 5.76. The van der Waals surface area contributed by atoms with Crippen LogP contribution in [0.3, 0.4) is 0 Å². The average molecular weight is 327 g/mol. The van der Waals surface area contributed by atoms with Gasteiger partial charge in [0.25, 0.3) is 0 Å². The minimum Gasteiger partial charge on any atom is -0.376 e. The summed E-state index contributed by atoms with van der Waals surface area (Å²) in [6.45, 7) is 1.64. The van der Waals surface area contributed by atoms with E-state index in [4.69, 9.17) is 9.88 Å². The van der Waals surface area contributed by atoms with Crippen molar-refractivity contribution in [2.45, 2.75) is 31.2 Å². The van der Waals surface area contributed by atoms with Crippen LogP contribution in [0.1, 0.15) is 24.0 Å². The summed E-state index contributed by atoms with van der Waals surface area (Å²) < 4.78 is 27.4. The molecule has 122 valence electrons. The van der Waals surface area contributed by atoms with Gasteiger partial charge in [0.05, 0.1) is 11.9 Å². The molecule has 0 aromatic heterocycles. The summed E-state index contributed by atoms with van der Waals surface area (Å²) in [4.78, 5) is 11.7. The number of primary sulfonamides is 1. The van der Waals surface area contributed by atoms with Crippen LogP contribution in [0.5, 0.6) is 0 Å². The topological polar surface area (TPSA) is 111 Å². The van der Waals surface area contributed by atoms with Crippen molar-refractivity contribution in [2.75, 3.05) is 13.2 Å². The molecule has 1 fully saturated rings. The van der Waals surface area contributed by atoms with Gasteiger partial charge in [-0.1, -0.05) is 24.3 Å². The summed E-state index contributed by atoms with van der Waals surface area (Å²) in [5, 5.41) is 10.5. The number of amides is 2. The molecule has 1 atom stereocenters. The molecule has 1 unspecified atom stereocenters. The van der Waals surface area contributed by atoms with Crippen LogP contribution in [0.25, 0.3) is 0 Å². The summed E-state index contributed by atoms with van der Waals surface area (Å²) in [5.74, 6) is -0.192. The van der Waals surface area contributed by atoms with Crippen molar-refractivity contribution >= 4 is 16.1 Å². The minimum atomic E-state index is -3.52. The van der Waals surface area contributed by atoms with Crippen molar-refractivity contribution in [1.29, 1.82) is 0 Å². The Morgan fingerprint density at radius 2 is 1.91 bits per heavy atom. The smallest absolute Gasteiger partial charge is 0.315 e. The number of carbonyl (C=O) groups excluding carboxylic acids is 1. The molecule has 1 aliphatic rings. The molecular weight excluding hydrogens is 306 g/mol. The second-order valence-corrected chi connectivity index (χ2v) is 6.94. The van der Waals surface area contributed by atoms with Gasteiger partial charge >= 0.3 is 6.03 Å². The highest BCUT2D eigenvalue weighted by Gasteiger charge is 2.15. The Labute approximate surface area is 130 Å². The first-order valence-corrected chi connectivity index (χ1v) is 8.85. The molecule has 7 nitrogen and oxygen atoms in total. The lowest BCUT2D eigenvalue weighted by atomic mass is 10.1. The van der Waals surface area contributed by atoms with Gasteiger partial charge in [0.1, 0.15) is 0 Å². The van der Waals surface area contributed by atoms with Crippen LogP contribution < -0.4 is 15.8 Å². The van der Waals surface area contributed by atoms with Crippen LogP contribution in [0.2, 0.25) is 0 Å². The quantitative estimate of drug-likeness (QED) is 0.704. The maximum Gasteiger partial charge on any atom is 0.315 e. The van der Waals surface area contributed by atoms with Crippen LogP contribution in [-0.4, -0.2) is 33.7 Å². The molecule has 0 spiro atoms. The number of sulfonamides is 1. The summed E-state index contributed by atoms with van der Waals surface area (Å²) in [6, 6.07) is 6.66. The molecule has 1 heterocycles. The third kappa shape index (κ3) is 6.00. The molecule has 1 aromatic rings. The number of nitrogens with one attached hydrogen (secondary N) is 2. The van der Waals surface area contributed by atoms with Gasteiger partial charge in [-0.2, -0.15) is 0 Å². The molecule has 2 rings (SSSR count). The molecule has 8 heteroatoms. The van der Waals surface area contributed by atoms with Crippen molar-refractivity contribution in [3.8, 4) is 0 Å². The number of benzene rings is 1. The zero-order valence-corrected chi connectivity index (χ0v) is 13.1. The summed E-state index contributed by atoms with van der Waals surface area (Å²) in [7, 11) is -3.52. The van der Waals surface area contributed by atoms with Crippen molar-refractivity contribution in [3.05, 3.63) is 35.4 Å². The zero-order chi connectivity index (χ0) is 16.0. The summed E-state index contributed by atoms with van der Waals surface area (Å²) in [6.07, 6.45) is 2.13. The Balaban J connectivity index is 1.72. The normalized spacial score (nSPS) is 18.1. The van der Waals surface area contributed by atoms with E-state index in [0.29, 0.717) is 18.7 Å². The molecule has 0 bridgehead atoms. The van der Waals surface area contributed by atoms with Gasteiger partial charge in [-0.05, 0) is 24.0 Å².